The molecule has 0 radical (unpaired) electrons. The van der Waals surface area contributed by atoms with Gasteiger partial charge >= 0.3 is 0 Å². The molecule has 3 heteroatoms. The minimum absolute atomic E-state index is 0.266. The molecule has 1 saturated carbocycles. The summed E-state index contributed by atoms with van der Waals surface area (Å²) in [5, 5.41) is 0. The van der Waals surface area contributed by atoms with Crippen LogP contribution >= 0.6 is 0 Å². The first-order valence-electron chi connectivity index (χ1n) is 5.64. The Bertz CT molecular complexity index is 354. The van der Waals surface area contributed by atoms with Gasteiger partial charge in [-0.05, 0) is 42.9 Å². The Morgan fingerprint density at radius 2 is 1.75 bits per heavy atom. The SMILES string of the molecule is COc1cc(OC)cc([C@H]2C[C@H]2[C@@H](C)N)c1. The van der Waals surface area contributed by atoms with E-state index in [1.165, 1.54) is 12.0 Å². The first kappa shape index (κ1) is 11.3. The zero-order chi connectivity index (χ0) is 11.7. The van der Waals surface area contributed by atoms with Gasteiger partial charge in [0.05, 0.1) is 14.2 Å². The predicted octanol–water partition coefficient (Wildman–Crippen LogP) is 2.15. The van der Waals surface area contributed by atoms with Crippen molar-refractivity contribution in [3.05, 3.63) is 23.8 Å². The molecule has 3 atom stereocenters. The second-order valence-electron chi connectivity index (χ2n) is 4.51. The van der Waals surface area contributed by atoms with Crippen LogP contribution in [0.4, 0.5) is 0 Å². The molecule has 1 aliphatic rings. The second-order valence-corrected chi connectivity index (χ2v) is 4.51. The van der Waals surface area contributed by atoms with Crippen molar-refractivity contribution in [2.24, 2.45) is 11.7 Å². The molecular formula is C13H19NO2. The van der Waals surface area contributed by atoms with Crippen LogP contribution in [0.15, 0.2) is 18.2 Å². The van der Waals surface area contributed by atoms with Gasteiger partial charge in [0, 0.05) is 12.1 Å². The smallest absolute Gasteiger partial charge is 0.122 e. The summed E-state index contributed by atoms with van der Waals surface area (Å²) in [5.74, 6) is 2.88. The van der Waals surface area contributed by atoms with Crippen LogP contribution in [0.25, 0.3) is 0 Å². The Kier molecular flexibility index (Phi) is 3.06. The maximum atomic E-state index is 5.90. The molecule has 0 spiro atoms. The van der Waals surface area contributed by atoms with Gasteiger partial charge < -0.3 is 15.2 Å². The van der Waals surface area contributed by atoms with Gasteiger partial charge in [0.25, 0.3) is 0 Å². The Labute approximate surface area is 96.5 Å². The van der Waals surface area contributed by atoms with E-state index in [0.717, 1.165) is 11.5 Å². The first-order valence-corrected chi connectivity index (χ1v) is 5.64. The van der Waals surface area contributed by atoms with Crippen molar-refractivity contribution in [1.29, 1.82) is 0 Å². The summed E-state index contributed by atoms with van der Waals surface area (Å²) in [6.07, 6.45) is 1.17. The van der Waals surface area contributed by atoms with Gasteiger partial charge in [0.15, 0.2) is 0 Å². The number of ether oxygens (including phenoxy) is 2. The van der Waals surface area contributed by atoms with Gasteiger partial charge in [-0.2, -0.15) is 0 Å². The predicted molar refractivity (Wildman–Crippen MR) is 64.0 cm³/mol. The lowest BCUT2D eigenvalue weighted by Gasteiger charge is -2.09. The lowest BCUT2D eigenvalue weighted by Crippen LogP contribution is -2.17. The largest absolute Gasteiger partial charge is 0.497 e. The van der Waals surface area contributed by atoms with E-state index < -0.39 is 0 Å². The summed E-state index contributed by atoms with van der Waals surface area (Å²) in [6, 6.07) is 6.32. The third kappa shape index (κ3) is 2.14. The van der Waals surface area contributed by atoms with E-state index in [-0.39, 0.29) is 6.04 Å². The lowest BCUT2D eigenvalue weighted by molar-refractivity contribution is 0.393. The van der Waals surface area contributed by atoms with Crippen molar-refractivity contribution in [3.63, 3.8) is 0 Å². The van der Waals surface area contributed by atoms with Crippen molar-refractivity contribution < 1.29 is 9.47 Å². The van der Waals surface area contributed by atoms with Gasteiger partial charge in [-0.25, -0.2) is 0 Å². The Balaban J connectivity index is 2.21. The third-order valence-electron chi connectivity index (χ3n) is 3.32. The van der Waals surface area contributed by atoms with Gasteiger partial charge in [0.1, 0.15) is 11.5 Å². The molecule has 1 aromatic carbocycles. The minimum atomic E-state index is 0.266. The average Bonchev–Trinajstić information content (AvgIpc) is 3.08. The van der Waals surface area contributed by atoms with Crippen LogP contribution in [0.3, 0.4) is 0 Å². The fourth-order valence-electron chi connectivity index (χ4n) is 2.22. The molecule has 0 heterocycles. The summed E-state index contributed by atoms with van der Waals surface area (Å²) in [7, 11) is 3.35. The highest BCUT2D eigenvalue weighted by Crippen LogP contribution is 2.50. The van der Waals surface area contributed by atoms with E-state index in [1.54, 1.807) is 14.2 Å². The van der Waals surface area contributed by atoms with E-state index in [4.69, 9.17) is 15.2 Å². The van der Waals surface area contributed by atoms with Crippen LogP contribution in [0, 0.1) is 5.92 Å². The maximum absolute atomic E-state index is 5.90. The number of rotatable bonds is 4. The summed E-state index contributed by atoms with van der Waals surface area (Å²) in [6.45, 7) is 2.07. The second kappa shape index (κ2) is 4.34. The van der Waals surface area contributed by atoms with Crippen LogP contribution in [0.2, 0.25) is 0 Å². The van der Waals surface area contributed by atoms with Crippen LogP contribution in [0.5, 0.6) is 11.5 Å². The molecule has 16 heavy (non-hydrogen) atoms. The molecule has 1 aliphatic carbocycles. The van der Waals surface area contributed by atoms with Crippen molar-refractivity contribution >= 4 is 0 Å². The fourth-order valence-corrected chi connectivity index (χ4v) is 2.22. The number of hydrogen-bond donors (Lipinski definition) is 1. The molecule has 1 fully saturated rings. The molecule has 2 rings (SSSR count). The summed E-state index contributed by atoms with van der Waals surface area (Å²) < 4.78 is 10.5. The van der Waals surface area contributed by atoms with Crippen molar-refractivity contribution in [2.45, 2.75) is 25.3 Å². The number of methoxy groups -OCH3 is 2. The summed E-state index contributed by atoms with van der Waals surface area (Å²) in [4.78, 5) is 0. The highest BCUT2D eigenvalue weighted by molar-refractivity contribution is 5.42. The van der Waals surface area contributed by atoms with E-state index in [1.807, 2.05) is 6.07 Å². The van der Waals surface area contributed by atoms with Crippen molar-refractivity contribution in [1.82, 2.24) is 0 Å². The van der Waals surface area contributed by atoms with Crippen molar-refractivity contribution in [2.75, 3.05) is 14.2 Å². The molecule has 88 valence electrons. The third-order valence-corrected chi connectivity index (χ3v) is 3.32. The van der Waals surface area contributed by atoms with Gasteiger partial charge in [-0.3, -0.25) is 0 Å². The van der Waals surface area contributed by atoms with E-state index in [0.29, 0.717) is 11.8 Å². The van der Waals surface area contributed by atoms with Gasteiger partial charge in [0.2, 0.25) is 0 Å². The molecule has 0 aliphatic heterocycles. The quantitative estimate of drug-likeness (QED) is 0.847. The average molecular weight is 221 g/mol. The molecule has 0 saturated heterocycles. The van der Waals surface area contributed by atoms with Crippen LogP contribution in [0.1, 0.15) is 24.8 Å². The number of hydrogen-bond acceptors (Lipinski definition) is 3. The van der Waals surface area contributed by atoms with Crippen LogP contribution < -0.4 is 15.2 Å². The normalized spacial score (nSPS) is 25.0. The fraction of sp³-hybridized carbons (Fsp3) is 0.538. The summed E-state index contributed by atoms with van der Waals surface area (Å²) >= 11 is 0. The first-order chi connectivity index (χ1) is 7.65. The Morgan fingerprint density at radius 3 is 2.12 bits per heavy atom. The van der Waals surface area contributed by atoms with E-state index >= 15 is 0 Å². The van der Waals surface area contributed by atoms with Crippen LogP contribution in [-0.2, 0) is 0 Å². The Morgan fingerprint density at radius 1 is 1.19 bits per heavy atom. The number of nitrogens with two attached hydrogens (primary N) is 1. The standard InChI is InChI=1S/C13H19NO2/c1-8(14)12-7-13(12)9-4-10(15-2)6-11(5-9)16-3/h4-6,8,12-13H,7,14H2,1-3H3/t8-,12+,13-/m1/s1. The van der Waals surface area contributed by atoms with E-state index in [2.05, 4.69) is 19.1 Å². The van der Waals surface area contributed by atoms with Gasteiger partial charge in [-0.1, -0.05) is 0 Å². The molecule has 0 unspecified atom stereocenters. The molecule has 2 N–H and O–H groups in total. The Hall–Kier alpha value is -1.22. The molecule has 1 aromatic rings. The maximum Gasteiger partial charge on any atom is 0.122 e. The minimum Gasteiger partial charge on any atom is -0.497 e. The topological polar surface area (TPSA) is 44.5 Å². The molecular weight excluding hydrogens is 202 g/mol. The number of benzene rings is 1. The molecule has 0 amide bonds. The highest BCUT2D eigenvalue weighted by Gasteiger charge is 2.41. The van der Waals surface area contributed by atoms with Crippen LogP contribution in [-0.4, -0.2) is 20.3 Å². The zero-order valence-electron chi connectivity index (χ0n) is 10.1. The lowest BCUT2D eigenvalue weighted by atomic mass is 10.1. The monoisotopic (exact) mass is 221 g/mol. The molecule has 0 bridgehead atoms. The van der Waals surface area contributed by atoms with Gasteiger partial charge in [-0.15, -0.1) is 0 Å². The van der Waals surface area contributed by atoms with E-state index in [9.17, 15) is 0 Å². The summed E-state index contributed by atoms with van der Waals surface area (Å²) in [5.41, 5.74) is 7.18. The zero-order valence-corrected chi connectivity index (χ0v) is 10.1. The highest BCUT2D eigenvalue weighted by atomic mass is 16.5. The molecule has 0 aromatic heterocycles. The van der Waals surface area contributed by atoms with Crippen molar-refractivity contribution in [3.8, 4) is 11.5 Å². The molecule has 3 nitrogen and oxygen atoms in total.